The molecule has 0 amide bonds. The van der Waals surface area contributed by atoms with Crippen molar-refractivity contribution in [3.63, 3.8) is 0 Å². The van der Waals surface area contributed by atoms with Crippen LogP contribution in [0.1, 0.15) is 219 Å². The van der Waals surface area contributed by atoms with Crippen molar-refractivity contribution in [2.24, 2.45) is 0 Å². The van der Waals surface area contributed by atoms with E-state index in [0.29, 0.717) is 17.4 Å². The Bertz CT molecular complexity index is 1500. The second-order valence-electron chi connectivity index (χ2n) is 19.6. The lowest BCUT2D eigenvalue weighted by molar-refractivity contribution is -0.870. The van der Waals surface area contributed by atoms with Gasteiger partial charge in [0.1, 0.15) is 19.8 Å². The highest BCUT2D eigenvalue weighted by Gasteiger charge is 2.27. The van der Waals surface area contributed by atoms with E-state index in [1.807, 2.05) is 21.1 Å². The third-order valence-electron chi connectivity index (χ3n) is 11.6. The van der Waals surface area contributed by atoms with E-state index in [4.69, 9.17) is 18.5 Å². The van der Waals surface area contributed by atoms with Gasteiger partial charge in [0, 0.05) is 12.8 Å². The largest absolute Gasteiger partial charge is 0.472 e. The van der Waals surface area contributed by atoms with Crippen molar-refractivity contribution >= 4 is 19.8 Å². The molecule has 0 saturated carbocycles. The fourth-order valence-electron chi connectivity index (χ4n) is 7.35. The summed E-state index contributed by atoms with van der Waals surface area (Å²) in [6.45, 7) is 4.19. The molecule has 0 bridgehead atoms. The number of carbonyl (C=O) groups excluding carboxylic acids is 2. The highest BCUT2D eigenvalue weighted by molar-refractivity contribution is 7.47. The number of phosphoric acid groups is 1. The smallest absolute Gasteiger partial charge is 0.462 e. The van der Waals surface area contributed by atoms with Crippen molar-refractivity contribution in [2.45, 2.75) is 225 Å². The SMILES string of the molecule is CC/C=C\C/C=C\C/C=C\C/C=C\C/C=C\CCCCCCCCCCCCCCCC(=O)OC(COC(=O)CCCCCCCCC/C=C\C/C=C\C/C=C\CC)COP(=O)(O)OCC[N+](C)(C)C. The molecule has 0 saturated heterocycles. The number of carbonyl (C=O) groups is 2. The quantitative estimate of drug-likeness (QED) is 0.0211. The van der Waals surface area contributed by atoms with Crippen LogP contribution in [0.5, 0.6) is 0 Å². The summed E-state index contributed by atoms with van der Waals surface area (Å²) in [5.41, 5.74) is 0. The van der Waals surface area contributed by atoms with Crippen LogP contribution >= 0.6 is 7.82 Å². The fourth-order valence-corrected chi connectivity index (χ4v) is 8.09. The minimum Gasteiger partial charge on any atom is -0.462 e. The molecule has 0 aliphatic heterocycles. The molecule has 0 aromatic heterocycles. The van der Waals surface area contributed by atoms with Crippen molar-refractivity contribution in [1.82, 2.24) is 0 Å². The lowest BCUT2D eigenvalue weighted by atomic mass is 10.0. The second kappa shape index (κ2) is 50.9. The molecule has 70 heavy (non-hydrogen) atoms. The molecule has 1 N–H and O–H groups in total. The van der Waals surface area contributed by atoms with Gasteiger partial charge in [0.05, 0.1) is 27.7 Å². The lowest BCUT2D eigenvalue weighted by Crippen LogP contribution is -2.37. The number of esters is 2. The minimum atomic E-state index is -4.39. The van der Waals surface area contributed by atoms with Gasteiger partial charge in [-0.1, -0.05) is 214 Å². The molecule has 0 radical (unpaired) electrons. The molecule has 0 aromatic rings. The standard InChI is InChI=1S/C60H104NO8P/c1-6-8-10-12-14-16-18-20-22-24-25-26-27-28-29-30-31-32-33-34-35-37-39-41-43-45-47-49-51-53-60(63)69-58(57-68-70(64,65)67-55-54-61(3,4)5)56-66-59(62)52-50-48-46-44-42-40-38-36-23-21-19-17-15-13-11-9-7-2/h8-11,14-17,20-23,25-26,28-29,58H,6-7,12-13,18-19,24,27,30-57H2,1-5H3/p+1/b10-8-,11-9-,16-14-,17-15-,22-20-,23-21-,26-25-,29-28-. The maximum Gasteiger partial charge on any atom is 0.472 e. The van der Waals surface area contributed by atoms with Crippen molar-refractivity contribution in [3.8, 4) is 0 Å². The molecule has 0 fully saturated rings. The zero-order chi connectivity index (χ0) is 51.3. The van der Waals surface area contributed by atoms with Gasteiger partial charge in [0.25, 0.3) is 0 Å². The van der Waals surface area contributed by atoms with Crippen LogP contribution in [0.4, 0.5) is 0 Å². The third-order valence-corrected chi connectivity index (χ3v) is 12.6. The summed E-state index contributed by atoms with van der Waals surface area (Å²) in [7, 11) is 1.46. The van der Waals surface area contributed by atoms with Crippen molar-refractivity contribution < 1.29 is 42.1 Å². The van der Waals surface area contributed by atoms with E-state index in [-0.39, 0.29) is 32.0 Å². The first-order valence-electron chi connectivity index (χ1n) is 28.0. The van der Waals surface area contributed by atoms with Crippen LogP contribution in [-0.4, -0.2) is 74.9 Å². The highest BCUT2D eigenvalue weighted by atomic mass is 31.2. The predicted molar refractivity (Wildman–Crippen MR) is 298 cm³/mol. The maximum atomic E-state index is 12.8. The van der Waals surface area contributed by atoms with E-state index in [9.17, 15) is 19.0 Å². The predicted octanol–water partition coefficient (Wildman–Crippen LogP) is 17.3. The number of likely N-dealkylation sites (N-methyl/N-ethyl adjacent to an activating group) is 1. The molecule has 0 heterocycles. The monoisotopic (exact) mass is 999 g/mol. The molecule has 9 nitrogen and oxygen atoms in total. The Hall–Kier alpha value is -3.07. The van der Waals surface area contributed by atoms with Crippen LogP contribution in [0.3, 0.4) is 0 Å². The molecule has 0 aliphatic carbocycles. The molecule has 402 valence electrons. The topological polar surface area (TPSA) is 108 Å². The lowest BCUT2D eigenvalue weighted by Gasteiger charge is -2.24. The molecule has 0 spiro atoms. The van der Waals surface area contributed by atoms with Gasteiger partial charge in [-0.15, -0.1) is 0 Å². The van der Waals surface area contributed by atoms with E-state index < -0.39 is 26.5 Å². The molecular weight excluding hydrogens is 894 g/mol. The van der Waals surface area contributed by atoms with Gasteiger partial charge in [0.2, 0.25) is 0 Å². The summed E-state index contributed by atoms with van der Waals surface area (Å²) in [5.74, 6) is -0.813. The van der Waals surface area contributed by atoms with Crippen molar-refractivity contribution in [3.05, 3.63) is 97.2 Å². The Morgan fingerprint density at radius 1 is 0.443 bits per heavy atom. The van der Waals surface area contributed by atoms with Crippen LogP contribution in [0.15, 0.2) is 97.2 Å². The molecule has 2 atom stereocenters. The number of hydrogen-bond acceptors (Lipinski definition) is 7. The van der Waals surface area contributed by atoms with E-state index in [0.717, 1.165) is 103 Å². The average Bonchev–Trinajstić information content (AvgIpc) is 3.32. The first-order chi connectivity index (χ1) is 34.0. The Labute approximate surface area is 430 Å². The van der Waals surface area contributed by atoms with Gasteiger partial charge < -0.3 is 18.9 Å². The molecule has 0 aliphatic rings. The molecule has 2 unspecified atom stereocenters. The summed E-state index contributed by atoms with van der Waals surface area (Å²) in [6, 6.07) is 0. The number of allylic oxidation sites excluding steroid dienone is 16. The normalized spacial score (nSPS) is 14.1. The summed E-state index contributed by atoms with van der Waals surface area (Å²) in [5, 5.41) is 0. The minimum absolute atomic E-state index is 0.0256. The van der Waals surface area contributed by atoms with E-state index in [2.05, 4.69) is 111 Å². The number of phosphoric ester groups is 1. The fraction of sp³-hybridized carbons (Fsp3) is 0.700. The van der Waals surface area contributed by atoms with Gasteiger partial charge in [0.15, 0.2) is 6.10 Å². The van der Waals surface area contributed by atoms with Crippen molar-refractivity contribution in [2.75, 3.05) is 47.5 Å². The molecule has 10 heteroatoms. The first kappa shape index (κ1) is 66.9. The number of unbranched alkanes of at least 4 members (excludes halogenated alkanes) is 20. The average molecular weight is 999 g/mol. The summed E-state index contributed by atoms with van der Waals surface area (Å²) in [6.07, 6.45) is 69.0. The second-order valence-corrected chi connectivity index (χ2v) is 21.0. The highest BCUT2D eigenvalue weighted by Crippen LogP contribution is 2.43. The number of quaternary nitrogens is 1. The van der Waals surface area contributed by atoms with Crippen LogP contribution in [0.25, 0.3) is 0 Å². The van der Waals surface area contributed by atoms with Gasteiger partial charge in [-0.05, 0) is 89.9 Å². The Morgan fingerprint density at radius 2 is 0.771 bits per heavy atom. The number of nitrogens with zero attached hydrogens (tertiary/aromatic N) is 1. The van der Waals surface area contributed by atoms with Gasteiger partial charge >= 0.3 is 19.8 Å². The van der Waals surface area contributed by atoms with E-state index in [1.54, 1.807) is 0 Å². The van der Waals surface area contributed by atoms with Gasteiger partial charge in [-0.3, -0.25) is 18.6 Å². The zero-order valence-electron chi connectivity index (χ0n) is 45.5. The van der Waals surface area contributed by atoms with Crippen LogP contribution in [0, 0.1) is 0 Å². The summed E-state index contributed by atoms with van der Waals surface area (Å²) in [4.78, 5) is 35.6. The summed E-state index contributed by atoms with van der Waals surface area (Å²) >= 11 is 0. The molecule has 0 rings (SSSR count). The van der Waals surface area contributed by atoms with Gasteiger partial charge in [-0.2, -0.15) is 0 Å². The van der Waals surface area contributed by atoms with Crippen LogP contribution in [-0.2, 0) is 32.7 Å². The zero-order valence-corrected chi connectivity index (χ0v) is 46.4. The van der Waals surface area contributed by atoms with Crippen LogP contribution < -0.4 is 0 Å². The number of hydrogen-bond donors (Lipinski definition) is 1. The third kappa shape index (κ3) is 54.3. The number of rotatable bonds is 50. The Kier molecular flexibility index (Phi) is 48.6. The van der Waals surface area contributed by atoms with Crippen LogP contribution in [0.2, 0.25) is 0 Å². The van der Waals surface area contributed by atoms with E-state index in [1.165, 1.54) is 83.5 Å². The van der Waals surface area contributed by atoms with E-state index >= 15 is 0 Å². The maximum absolute atomic E-state index is 12.8. The molecule has 0 aromatic carbocycles. The molecular formula is C60H105NO8P+. The van der Waals surface area contributed by atoms with Crippen molar-refractivity contribution in [1.29, 1.82) is 0 Å². The first-order valence-corrected chi connectivity index (χ1v) is 29.5. The Balaban J connectivity index is 4.17. The summed E-state index contributed by atoms with van der Waals surface area (Å²) < 4.78 is 34.5. The van der Waals surface area contributed by atoms with Gasteiger partial charge in [-0.25, -0.2) is 4.57 Å². The number of ether oxygens (including phenoxy) is 2. The Morgan fingerprint density at radius 3 is 1.14 bits per heavy atom.